The minimum absolute atomic E-state index is 0.442. The summed E-state index contributed by atoms with van der Waals surface area (Å²) in [5.74, 6) is 0. The second-order valence-electron chi connectivity index (χ2n) is 4.58. The Morgan fingerprint density at radius 2 is 1.82 bits per heavy atom. The average molecular weight is 254 g/mol. The summed E-state index contributed by atoms with van der Waals surface area (Å²) in [4.78, 5) is 1.50. The van der Waals surface area contributed by atoms with E-state index in [-0.39, 0.29) is 0 Å². The fraction of sp³-hybridized carbons (Fsp3) is 1.00. The van der Waals surface area contributed by atoms with Gasteiger partial charge in [0.2, 0.25) is 0 Å². The van der Waals surface area contributed by atoms with E-state index in [1.165, 1.54) is 4.90 Å². The molecule has 0 aliphatic rings. The Morgan fingerprint density at radius 1 is 1.18 bits per heavy atom. The van der Waals surface area contributed by atoms with Crippen LogP contribution in [0.5, 0.6) is 0 Å². The number of alkyl halides is 3. The predicted octanol–water partition coefficient (Wildman–Crippen LogP) is 3.04. The molecule has 0 aromatic carbocycles. The third-order valence-corrected chi connectivity index (χ3v) is 2.80. The molecular weight excluding hydrogens is 229 g/mol. The molecule has 1 atom stereocenters. The van der Waals surface area contributed by atoms with Crippen LogP contribution in [0.2, 0.25) is 0 Å². The maximum atomic E-state index is 12.3. The lowest BCUT2D eigenvalue weighted by molar-refractivity contribution is -0.146. The zero-order valence-electron chi connectivity index (χ0n) is 11.1. The SMILES string of the molecule is CCCN(CCCCC(C)NC)CC(F)(F)F. The minimum atomic E-state index is -4.08. The van der Waals surface area contributed by atoms with Crippen LogP contribution in [-0.4, -0.2) is 43.8 Å². The Morgan fingerprint density at radius 3 is 2.29 bits per heavy atom. The smallest absolute Gasteiger partial charge is 0.317 e. The van der Waals surface area contributed by atoms with Gasteiger partial charge in [-0.05, 0) is 46.3 Å². The lowest BCUT2D eigenvalue weighted by atomic mass is 10.1. The van der Waals surface area contributed by atoms with Gasteiger partial charge in [0.25, 0.3) is 0 Å². The highest BCUT2D eigenvalue weighted by molar-refractivity contribution is 4.64. The van der Waals surface area contributed by atoms with Crippen LogP contribution in [0.1, 0.15) is 39.5 Å². The molecule has 0 saturated heterocycles. The number of unbranched alkanes of at least 4 members (excludes halogenated alkanes) is 1. The molecule has 0 fully saturated rings. The highest BCUT2D eigenvalue weighted by atomic mass is 19.4. The van der Waals surface area contributed by atoms with Crippen LogP contribution < -0.4 is 5.32 Å². The van der Waals surface area contributed by atoms with Crippen molar-refractivity contribution in [2.75, 3.05) is 26.7 Å². The molecule has 17 heavy (non-hydrogen) atoms. The van der Waals surface area contributed by atoms with Crippen molar-refractivity contribution in [1.29, 1.82) is 0 Å². The van der Waals surface area contributed by atoms with Crippen LogP contribution >= 0.6 is 0 Å². The van der Waals surface area contributed by atoms with Crippen molar-refractivity contribution in [3.63, 3.8) is 0 Å². The molecule has 2 nitrogen and oxygen atoms in total. The van der Waals surface area contributed by atoms with E-state index in [1.807, 2.05) is 14.0 Å². The standard InChI is InChI=1S/C12H25F3N2/c1-4-8-17(10-12(13,14)15)9-6-5-7-11(2)16-3/h11,16H,4-10H2,1-3H3. The van der Waals surface area contributed by atoms with Crippen molar-refractivity contribution in [1.82, 2.24) is 10.2 Å². The van der Waals surface area contributed by atoms with Crippen molar-refractivity contribution in [2.45, 2.75) is 51.7 Å². The van der Waals surface area contributed by atoms with Crippen molar-refractivity contribution in [2.24, 2.45) is 0 Å². The molecule has 0 aliphatic carbocycles. The maximum absolute atomic E-state index is 12.3. The summed E-state index contributed by atoms with van der Waals surface area (Å²) in [5.41, 5.74) is 0. The van der Waals surface area contributed by atoms with E-state index in [2.05, 4.69) is 12.2 Å². The van der Waals surface area contributed by atoms with Gasteiger partial charge in [0.05, 0.1) is 6.54 Å². The van der Waals surface area contributed by atoms with E-state index in [1.54, 1.807) is 0 Å². The van der Waals surface area contributed by atoms with E-state index >= 15 is 0 Å². The second kappa shape index (κ2) is 8.75. The Labute approximate surface area is 103 Å². The van der Waals surface area contributed by atoms with Crippen LogP contribution in [0.3, 0.4) is 0 Å². The van der Waals surface area contributed by atoms with Gasteiger partial charge in [-0.3, -0.25) is 4.90 Å². The Bertz CT molecular complexity index is 183. The van der Waals surface area contributed by atoms with Gasteiger partial charge in [0.1, 0.15) is 0 Å². The third-order valence-electron chi connectivity index (χ3n) is 2.80. The largest absolute Gasteiger partial charge is 0.401 e. The summed E-state index contributed by atoms with van der Waals surface area (Å²) < 4.78 is 36.8. The molecule has 0 rings (SSSR count). The molecule has 1 N–H and O–H groups in total. The van der Waals surface area contributed by atoms with E-state index in [4.69, 9.17) is 0 Å². The number of hydrogen-bond acceptors (Lipinski definition) is 2. The molecule has 0 amide bonds. The highest BCUT2D eigenvalue weighted by Crippen LogP contribution is 2.17. The van der Waals surface area contributed by atoms with Crippen molar-refractivity contribution >= 4 is 0 Å². The van der Waals surface area contributed by atoms with Crippen molar-refractivity contribution < 1.29 is 13.2 Å². The summed E-state index contributed by atoms with van der Waals surface area (Å²) in [6, 6.07) is 0.442. The summed E-state index contributed by atoms with van der Waals surface area (Å²) in [6.45, 7) is 4.29. The van der Waals surface area contributed by atoms with Crippen LogP contribution in [0.4, 0.5) is 13.2 Å². The Hall–Kier alpha value is -0.290. The van der Waals surface area contributed by atoms with Gasteiger partial charge >= 0.3 is 6.18 Å². The van der Waals surface area contributed by atoms with Gasteiger partial charge in [-0.2, -0.15) is 13.2 Å². The first-order valence-electron chi connectivity index (χ1n) is 6.35. The summed E-state index contributed by atoms with van der Waals surface area (Å²) in [6.07, 6.45) is -0.485. The second-order valence-corrected chi connectivity index (χ2v) is 4.58. The lowest BCUT2D eigenvalue weighted by Crippen LogP contribution is -2.35. The molecule has 0 bridgehead atoms. The highest BCUT2D eigenvalue weighted by Gasteiger charge is 2.29. The molecule has 0 radical (unpaired) electrons. The van der Waals surface area contributed by atoms with Gasteiger partial charge < -0.3 is 5.32 Å². The summed E-state index contributed by atoms with van der Waals surface area (Å²) in [5, 5.41) is 3.12. The first-order chi connectivity index (χ1) is 7.89. The quantitative estimate of drug-likeness (QED) is 0.636. The maximum Gasteiger partial charge on any atom is 0.401 e. The molecule has 104 valence electrons. The number of nitrogens with zero attached hydrogens (tertiary/aromatic N) is 1. The van der Waals surface area contributed by atoms with E-state index in [0.717, 1.165) is 25.7 Å². The van der Waals surface area contributed by atoms with Gasteiger partial charge in [0, 0.05) is 6.04 Å². The van der Waals surface area contributed by atoms with Crippen molar-refractivity contribution in [3.05, 3.63) is 0 Å². The van der Waals surface area contributed by atoms with Gasteiger partial charge in [0.15, 0.2) is 0 Å². The third kappa shape index (κ3) is 10.6. The van der Waals surface area contributed by atoms with Crippen LogP contribution in [0.15, 0.2) is 0 Å². The van der Waals surface area contributed by atoms with E-state index in [0.29, 0.717) is 19.1 Å². The summed E-state index contributed by atoms with van der Waals surface area (Å²) >= 11 is 0. The average Bonchev–Trinajstić information content (AvgIpc) is 2.22. The predicted molar refractivity (Wildman–Crippen MR) is 65.2 cm³/mol. The molecule has 1 unspecified atom stereocenters. The molecule has 0 aliphatic heterocycles. The molecule has 0 aromatic heterocycles. The normalized spacial score (nSPS) is 14.3. The van der Waals surface area contributed by atoms with Crippen LogP contribution in [-0.2, 0) is 0 Å². The van der Waals surface area contributed by atoms with Gasteiger partial charge in [-0.1, -0.05) is 13.3 Å². The summed E-state index contributed by atoms with van der Waals surface area (Å²) in [7, 11) is 1.90. The number of hydrogen-bond donors (Lipinski definition) is 1. The Kier molecular flexibility index (Phi) is 8.60. The fourth-order valence-corrected chi connectivity index (χ4v) is 1.77. The number of halogens is 3. The van der Waals surface area contributed by atoms with Gasteiger partial charge in [-0.15, -0.1) is 0 Å². The van der Waals surface area contributed by atoms with E-state index in [9.17, 15) is 13.2 Å². The van der Waals surface area contributed by atoms with Crippen molar-refractivity contribution in [3.8, 4) is 0 Å². The lowest BCUT2D eigenvalue weighted by Gasteiger charge is -2.23. The van der Waals surface area contributed by atoms with Gasteiger partial charge in [-0.25, -0.2) is 0 Å². The molecule has 0 heterocycles. The fourth-order valence-electron chi connectivity index (χ4n) is 1.77. The van der Waals surface area contributed by atoms with Crippen LogP contribution in [0.25, 0.3) is 0 Å². The zero-order valence-corrected chi connectivity index (χ0v) is 11.1. The minimum Gasteiger partial charge on any atom is -0.317 e. The topological polar surface area (TPSA) is 15.3 Å². The molecule has 0 spiro atoms. The zero-order chi connectivity index (χ0) is 13.3. The Balaban J connectivity index is 3.77. The van der Waals surface area contributed by atoms with E-state index < -0.39 is 12.7 Å². The monoisotopic (exact) mass is 254 g/mol. The molecule has 0 saturated carbocycles. The van der Waals surface area contributed by atoms with Crippen LogP contribution in [0, 0.1) is 0 Å². The molecule has 5 heteroatoms. The first kappa shape index (κ1) is 16.7. The first-order valence-corrected chi connectivity index (χ1v) is 6.35. The number of nitrogens with one attached hydrogen (secondary N) is 1. The molecular formula is C12H25F3N2. The molecule has 0 aromatic rings. The number of rotatable bonds is 9.